The molecule has 6 heteroatoms. The molecule has 0 saturated heterocycles. The monoisotopic (exact) mass is 376 g/mol. The third-order valence-electron chi connectivity index (χ3n) is 3.58. The lowest BCUT2D eigenvalue weighted by molar-refractivity contribution is 0.102. The van der Waals surface area contributed by atoms with E-state index in [0.717, 1.165) is 16.8 Å². The zero-order chi connectivity index (χ0) is 17.3. The first-order valence-electron chi connectivity index (χ1n) is 7.23. The third-order valence-corrected chi connectivity index (χ3v) is 5.07. The fourth-order valence-corrected chi connectivity index (χ4v) is 3.28. The first-order valence-corrected chi connectivity index (χ1v) is 8.87. The Kier molecular flexibility index (Phi) is 4.90. The number of nitrogens with zero attached hydrogens (tertiary/aromatic N) is 1. The summed E-state index contributed by atoms with van der Waals surface area (Å²) in [5.41, 5.74) is 4.68. The molecular weight excluding hydrogens is 363 g/mol. The van der Waals surface area contributed by atoms with Crippen molar-refractivity contribution < 1.29 is 4.79 Å². The van der Waals surface area contributed by atoms with Gasteiger partial charge in [-0.15, -0.1) is 11.3 Å². The number of hydrogen-bond donors (Lipinski definition) is 1. The minimum atomic E-state index is -0.268. The Morgan fingerprint density at radius 1 is 1.08 bits per heavy atom. The number of nitrogens with one attached hydrogen (secondary N) is 1. The van der Waals surface area contributed by atoms with Crippen molar-refractivity contribution in [3.8, 4) is 11.3 Å². The van der Waals surface area contributed by atoms with Crippen LogP contribution in [-0.4, -0.2) is 10.9 Å². The molecule has 0 radical (unpaired) electrons. The molecule has 0 aliphatic carbocycles. The first kappa shape index (κ1) is 17.0. The van der Waals surface area contributed by atoms with Gasteiger partial charge in [0.2, 0.25) is 0 Å². The van der Waals surface area contributed by atoms with Gasteiger partial charge in [0.25, 0.3) is 5.91 Å². The van der Waals surface area contributed by atoms with Gasteiger partial charge in [0, 0.05) is 16.5 Å². The van der Waals surface area contributed by atoms with Crippen molar-refractivity contribution in [2.75, 3.05) is 5.32 Å². The highest BCUT2D eigenvalue weighted by Crippen LogP contribution is 2.29. The number of carbonyl (C=O) groups is 1. The molecule has 0 aliphatic heterocycles. The number of amides is 1. The number of carbonyl (C=O) groups excluding carboxylic acids is 1. The van der Waals surface area contributed by atoms with Gasteiger partial charge in [-0.1, -0.05) is 40.9 Å². The second-order valence-corrected chi connectivity index (χ2v) is 7.11. The lowest BCUT2D eigenvalue weighted by atomic mass is 10.0. The molecule has 0 bridgehead atoms. The molecule has 122 valence electrons. The highest BCUT2D eigenvalue weighted by Gasteiger charge is 2.12. The highest BCUT2D eigenvalue weighted by atomic mass is 35.5. The summed E-state index contributed by atoms with van der Waals surface area (Å²) in [6.45, 7) is 4.09. The summed E-state index contributed by atoms with van der Waals surface area (Å²) in [4.78, 5) is 16.8. The largest absolute Gasteiger partial charge is 0.298 e. The molecule has 3 rings (SSSR count). The van der Waals surface area contributed by atoms with E-state index in [1.54, 1.807) is 18.2 Å². The van der Waals surface area contributed by atoms with Crippen molar-refractivity contribution in [3.63, 3.8) is 0 Å². The summed E-state index contributed by atoms with van der Waals surface area (Å²) < 4.78 is 0. The zero-order valence-corrected chi connectivity index (χ0v) is 15.4. The lowest BCUT2D eigenvalue weighted by Crippen LogP contribution is -2.11. The fourth-order valence-electron chi connectivity index (χ4n) is 2.27. The number of aryl methyl sites for hydroxylation is 2. The molecular formula is C18H14Cl2N2OS. The van der Waals surface area contributed by atoms with Crippen LogP contribution in [0.4, 0.5) is 5.13 Å². The normalized spacial score (nSPS) is 10.7. The van der Waals surface area contributed by atoms with Crippen LogP contribution in [0.1, 0.15) is 21.5 Å². The molecule has 0 aliphatic rings. The van der Waals surface area contributed by atoms with Crippen LogP contribution in [0, 0.1) is 13.8 Å². The maximum absolute atomic E-state index is 12.3. The number of anilines is 1. The Hall–Kier alpha value is -1.88. The van der Waals surface area contributed by atoms with Crippen LogP contribution in [-0.2, 0) is 0 Å². The maximum atomic E-state index is 12.3. The summed E-state index contributed by atoms with van der Waals surface area (Å²) in [6, 6.07) is 11.0. The number of hydrogen-bond acceptors (Lipinski definition) is 3. The van der Waals surface area contributed by atoms with E-state index in [1.807, 2.05) is 19.2 Å². The minimum Gasteiger partial charge on any atom is -0.298 e. The van der Waals surface area contributed by atoms with Crippen LogP contribution in [0.3, 0.4) is 0 Å². The Bertz CT molecular complexity index is 921. The topological polar surface area (TPSA) is 42.0 Å². The molecule has 0 unspecified atom stereocenters. The van der Waals surface area contributed by atoms with E-state index in [4.69, 9.17) is 23.2 Å². The molecule has 24 heavy (non-hydrogen) atoms. The second kappa shape index (κ2) is 6.93. The predicted molar refractivity (Wildman–Crippen MR) is 101 cm³/mol. The van der Waals surface area contributed by atoms with E-state index < -0.39 is 0 Å². The predicted octanol–water partition coefficient (Wildman–Crippen LogP) is 5.99. The van der Waals surface area contributed by atoms with E-state index in [9.17, 15) is 4.79 Å². The van der Waals surface area contributed by atoms with Crippen LogP contribution >= 0.6 is 34.5 Å². The Morgan fingerprint density at radius 3 is 2.62 bits per heavy atom. The Labute approximate surface area is 154 Å². The molecule has 0 saturated carbocycles. The second-order valence-electron chi connectivity index (χ2n) is 5.44. The summed E-state index contributed by atoms with van der Waals surface area (Å²) in [5, 5.41) is 6.04. The summed E-state index contributed by atoms with van der Waals surface area (Å²) in [7, 11) is 0. The number of thiazole rings is 1. The van der Waals surface area contributed by atoms with Gasteiger partial charge < -0.3 is 0 Å². The SMILES string of the molecule is Cc1ccc(C)c(-c2csc(NC(=O)c3ccc(Cl)c(Cl)c3)n2)c1. The van der Waals surface area contributed by atoms with Gasteiger partial charge in [-0.2, -0.15) is 0 Å². The van der Waals surface area contributed by atoms with Gasteiger partial charge in [0.05, 0.1) is 15.7 Å². The van der Waals surface area contributed by atoms with Gasteiger partial charge in [-0.3, -0.25) is 10.1 Å². The van der Waals surface area contributed by atoms with E-state index >= 15 is 0 Å². The molecule has 1 heterocycles. The average Bonchev–Trinajstić information content (AvgIpc) is 3.00. The molecule has 1 amide bonds. The number of rotatable bonds is 3. The van der Waals surface area contributed by atoms with Gasteiger partial charge in [0.1, 0.15) is 0 Å². The Balaban J connectivity index is 1.82. The fraction of sp³-hybridized carbons (Fsp3) is 0.111. The highest BCUT2D eigenvalue weighted by molar-refractivity contribution is 7.14. The van der Waals surface area contributed by atoms with Crippen molar-refractivity contribution in [2.45, 2.75) is 13.8 Å². The van der Waals surface area contributed by atoms with Crippen LogP contribution in [0.15, 0.2) is 41.8 Å². The van der Waals surface area contributed by atoms with Gasteiger partial charge in [-0.05, 0) is 43.7 Å². The third kappa shape index (κ3) is 3.61. The molecule has 1 N–H and O–H groups in total. The zero-order valence-electron chi connectivity index (χ0n) is 13.1. The van der Waals surface area contributed by atoms with Crippen LogP contribution in [0.5, 0.6) is 0 Å². The van der Waals surface area contributed by atoms with Gasteiger partial charge in [-0.25, -0.2) is 4.98 Å². The van der Waals surface area contributed by atoms with Crippen LogP contribution < -0.4 is 5.32 Å². The Morgan fingerprint density at radius 2 is 1.88 bits per heavy atom. The van der Waals surface area contributed by atoms with Crippen molar-refractivity contribution in [1.82, 2.24) is 4.98 Å². The maximum Gasteiger partial charge on any atom is 0.257 e. The van der Waals surface area contributed by atoms with Gasteiger partial charge >= 0.3 is 0 Å². The van der Waals surface area contributed by atoms with E-state index in [1.165, 1.54) is 16.9 Å². The molecule has 0 fully saturated rings. The molecule has 3 aromatic rings. The van der Waals surface area contributed by atoms with E-state index in [0.29, 0.717) is 20.7 Å². The number of benzene rings is 2. The molecule has 0 atom stereocenters. The summed E-state index contributed by atoms with van der Waals surface area (Å²) in [5.74, 6) is -0.268. The standard InChI is InChI=1S/C18H14Cl2N2OS/c1-10-3-4-11(2)13(7-10)16-9-24-18(21-16)22-17(23)12-5-6-14(19)15(20)8-12/h3-9H,1-2H3,(H,21,22,23). The van der Waals surface area contributed by atoms with Crippen LogP contribution in [0.2, 0.25) is 10.0 Å². The van der Waals surface area contributed by atoms with Crippen molar-refractivity contribution in [3.05, 3.63) is 68.5 Å². The molecule has 0 spiro atoms. The van der Waals surface area contributed by atoms with Crippen molar-refractivity contribution in [2.24, 2.45) is 0 Å². The van der Waals surface area contributed by atoms with Crippen molar-refractivity contribution >= 4 is 45.6 Å². The van der Waals surface area contributed by atoms with Gasteiger partial charge in [0.15, 0.2) is 5.13 Å². The smallest absolute Gasteiger partial charge is 0.257 e. The quantitative estimate of drug-likeness (QED) is 0.610. The number of aromatic nitrogens is 1. The lowest BCUT2D eigenvalue weighted by Gasteiger charge is -2.04. The van der Waals surface area contributed by atoms with Crippen molar-refractivity contribution in [1.29, 1.82) is 0 Å². The summed E-state index contributed by atoms with van der Waals surface area (Å²) in [6.07, 6.45) is 0. The first-order chi connectivity index (χ1) is 11.4. The molecule has 3 nitrogen and oxygen atoms in total. The minimum absolute atomic E-state index is 0.268. The average molecular weight is 377 g/mol. The van der Waals surface area contributed by atoms with Crippen LogP contribution in [0.25, 0.3) is 11.3 Å². The van der Waals surface area contributed by atoms with E-state index in [2.05, 4.69) is 28.5 Å². The summed E-state index contributed by atoms with van der Waals surface area (Å²) >= 11 is 13.2. The number of halogens is 2. The molecule has 1 aromatic heterocycles. The molecule has 2 aromatic carbocycles. The van der Waals surface area contributed by atoms with E-state index in [-0.39, 0.29) is 5.91 Å².